The topological polar surface area (TPSA) is 52.3 Å². The van der Waals surface area contributed by atoms with Gasteiger partial charge in [-0.15, -0.1) is 0 Å². The lowest BCUT2D eigenvalue weighted by Crippen LogP contribution is -2.38. The zero-order valence-corrected chi connectivity index (χ0v) is 9.64. The van der Waals surface area contributed by atoms with Crippen LogP contribution in [-0.2, 0) is 9.53 Å². The molecule has 1 unspecified atom stereocenters. The highest BCUT2D eigenvalue weighted by atomic mass is 16.5. The molecule has 2 N–H and O–H groups in total. The van der Waals surface area contributed by atoms with E-state index in [0.29, 0.717) is 6.42 Å². The Bertz CT molecular complexity index is 167. The number of carbonyl (C=O) groups excluding carboxylic acids is 1. The van der Waals surface area contributed by atoms with Crippen molar-refractivity contribution in [1.29, 1.82) is 0 Å². The van der Waals surface area contributed by atoms with Gasteiger partial charge in [-0.2, -0.15) is 0 Å². The first-order valence-corrected chi connectivity index (χ1v) is 5.37. The first kappa shape index (κ1) is 13.4. The molecule has 0 fully saturated rings. The van der Waals surface area contributed by atoms with Crippen LogP contribution in [0.5, 0.6) is 0 Å². The highest BCUT2D eigenvalue weighted by Crippen LogP contribution is 2.16. The summed E-state index contributed by atoms with van der Waals surface area (Å²) >= 11 is 0. The molecule has 0 heterocycles. The van der Waals surface area contributed by atoms with Crippen LogP contribution in [0.2, 0.25) is 0 Å². The Labute approximate surface area is 87.0 Å². The van der Waals surface area contributed by atoms with Crippen LogP contribution in [0.4, 0.5) is 0 Å². The van der Waals surface area contributed by atoms with Crippen molar-refractivity contribution in [3.05, 3.63) is 0 Å². The number of hydrogen-bond donors (Lipinski definition) is 1. The van der Waals surface area contributed by atoms with Gasteiger partial charge in [-0.25, -0.2) is 0 Å². The van der Waals surface area contributed by atoms with Crippen molar-refractivity contribution >= 4 is 5.97 Å². The first-order valence-electron chi connectivity index (χ1n) is 5.37. The van der Waals surface area contributed by atoms with Crippen molar-refractivity contribution < 1.29 is 9.53 Å². The highest BCUT2D eigenvalue weighted by Gasteiger charge is 2.22. The summed E-state index contributed by atoms with van der Waals surface area (Å²) in [5.74, 6) is -0.217. The van der Waals surface area contributed by atoms with Crippen molar-refractivity contribution in [2.45, 2.75) is 57.9 Å². The second-order valence-electron chi connectivity index (χ2n) is 4.22. The molecule has 0 aromatic rings. The van der Waals surface area contributed by atoms with Gasteiger partial charge >= 0.3 is 5.97 Å². The maximum absolute atomic E-state index is 11.0. The van der Waals surface area contributed by atoms with Crippen LogP contribution in [0.15, 0.2) is 0 Å². The average molecular weight is 201 g/mol. The van der Waals surface area contributed by atoms with Crippen molar-refractivity contribution in [3.8, 4) is 0 Å². The van der Waals surface area contributed by atoms with Gasteiger partial charge in [0.2, 0.25) is 0 Å². The molecule has 0 radical (unpaired) electrons. The van der Waals surface area contributed by atoms with E-state index in [0.717, 1.165) is 12.8 Å². The van der Waals surface area contributed by atoms with Gasteiger partial charge in [-0.1, -0.05) is 32.6 Å². The summed E-state index contributed by atoms with van der Waals surface area (Å²) in [6.07, 6.45) is 5.96. The van der Waals surface area contributed by atoms with E-state index in [1.807, 2.05) is 6.92 Å². The molecule has 1 atom stereocenters. The van der Waals surface area contributed by atoms with Gasteiger partial charge in [0.15, 0.2) is 0 Å². The highest BCUT2D eigenvalue weighted by molar-refractivity contribution is 5.70. The third-order valence-electron chi connectivity index (χ3n) is 2.38. The van der Waals surface area contributed by atoms with Gasteiger partial charge in [0, 0.05) is 5.54 Å². The van der Waals surface area contributed by atoms with E-state index in [9.17, 15) is 4.79 Å². The molecule has 0 aliphatic carbocycles. The van der Waals surface area contributed by atoms with E-state index < -0.39 is 5.54 Å². The predicted molar refractivity (Wildman–Crippen MR) is 58.0 cm³/mol. The zero-order chi connectivity index (χ0) is 11.0. The van der Waals surface area contributed by atoms with Crippen LogP contribution in [0.3, 0.4) is 0 Å². The van der Waals surface area contributed by atoms with E-state index in [4.69, 9.17) is 5.73 Å². The number of methoxy groups -OCH3 is 1. The predicted octanol–water partition coefficient (Wildman–Crippen LogP) is 2.24. The molecule has 0 bridgehead atoms. The fourth-order valence-electron chi connectivity index (χ4n) is 1.45. The molecule has 0 rings (SSSR count). The molecular weight excluding hydrogens is 178 g/mol. The monoisotopic (exact) mass is 201 g/mol. The lowest BCUT2D eigenvalue weighted by molar-refractivity contribution is -0.141. The fourth-order valence-corrected chi connectivity index (χ4v) is 1.45. The molecule has 0 aliphatic rings. The van der Waals surface area contributed by atoms with Crippen molar-refractivity contribution in [1.82, 2.24) is 0 Å². The van der Waals surface area contributed by atoms with Crippen LogP contribution in [0.25, 0.3) is 0 Å². The minimum Gasteiger partial charge on any atom is -0.469 e. The number of nitrogens with two attached hydrogens (primary N) is 1. The summed E-state index contributed by atoms with van der Waals surface area (Å²) in [4.78, 5) is 11.0. The van der Waals surface area contributed by atoms with E-state index in [1.54, 1.807) is 0 Å². The number of ether oxygens (including phenoxy) is 1. The fraction of sp³-hybridized carbons (Fsp3) is 0.909. The summed E-state index contributed by atoms with van der Waals surface area (Å²) in [5, 5.41) is 0. The molecular formula is C11H23NO2. The number of rotatable bonds is 7. The summed E-state index contributed by atoms with van der Waals surface area (Å²) in [6.45, 7) is 4.09. The minimum absolute atomic E-state index is 0.217. The van der Waals surface area contributed by atoms with Crippen LogP contribution in [-0.4, -0.2) is 18.6 Å². The van der Waals surface area contributed by atoms with Crippen LogP contribution in [0.1, 0.15) is 52.4 Å². The van der Waals surface area contributed by atoms with Gasteiger partial charge in [-0.3, -0.25) is 4.79 Å². The van der Waals surface area contributed by atoms with E-state index in [2.05, 4.69) is 11.7 Å². The van der Waals surface area contributed by atoms with E-state index in [-0.39, 0.29) is 5.97 Å². The quantitative estimate of drug-likeness (QED) is 0.507. The Balaban J connectivity index is 3.66. The summed E-state index contributed by atoms with van der Waals surface area (Å²) < 4.78 is 4.59. The maximum Gasteiger partial charge on any atom is 0.307 e. The summed E-state index contributed by atoms with van der Waals surface area (Å²) in [7, 11) is 1.40. The lowest BCUT2D eigenvalue weighted by atomic mass is 9.92. The maximum atomic E-state index is 11.0. The molecule has 0 aromatic heterocycles. The Morgan fingerprint density at radius 3 is 2.50 bits per heavy atom. The standard InChI is InChI=1S/C11H23NO2/c1-4-5-6-7-8-11(2,12)9-10(13)14-3/h4-9,12H2,1-3H3. The first-order chi connectivity index (χ1) is 6.52. The molecule has 0 spiro atoms. The molecule has 0 aromatic carbocycles. The minimum atomic E-state index is -0.402. The van der Waals surface area contributed by atoms with Gasteiger partial charge in [0.25, 0.3) is 0 Å². The summed E-state index contributed by atoms with van der Waals surface area (Å²) in [6, 6.07) is 0. The second kappa shape index (κ2) is 6.82. The van der Waals surface area contributed by atoms with Crippen LogP contribution >= 0.6 is 0 Å². The molecule has 0 saturated carbocycles. The van der Waals surface area contributed by atoms with Crippen LogP contribution in [0, 0.1) is 0 Å². The summed E-state index contributed by atoms with van der Waals surface area (Å²) in [5.41, 5.74) is 5.57. The lowest BCUT2D eigenvalue weighted by Gasteiger charge is -2.22. The largest absolute Gasteiger partial charge is 0.469 e. The number of carbonyl (C=O) groups is 1. The molecule has 84 valence electrons. The van der Waals surface area contributed by atoms with E-state index >= 15 is 0 Å². The van der Waals surface area contributed by atoms with Crippen molar-refractivity contribution in [3.63, 3.8) is 0 Å². The Hall–Kier alpha value is -0.570. The van der Waals surface area contributed by atoms with Gasteiger partial charge < -0.3 is 10.5 Å². The molecule has 3 heteroatoms. The number of hydrogen-bond acceptors (Lipinski definition) is 3. The molecule has 14 heavy (non-hydrogen) atoms. The normalized spacial score (nSPS) is 14.9. The third kappa shape index (κ3) is 6.89. The number of unbranched alkanes of at least 4 members (excludes halogenated alkanes) is 3. The van der Waals surface area contributed by atoms with Gasteiger partial charge in [-0.05, 0) is 13.3 Å². The van der Waals surface area contributed by atoms with Gasteiger partial charge in [0.1, 0.15) is 0 Å². The second-order valence-corrected chi connectivity index (χ2v) is 4.22. The smallest absolute Gasteiger partial charge is 0.307 e. The Kier molecular flexibility index (Phi) is 6.54. The van der Waals surface area contributed by atoms with Gasteiger partial charge in [0.05, 0.1) is 13.5 Å². The molecule has 0 saturated heterocycles. The average Bonchev–Trinajstić information content (AvgIpc) is 2.12. The Morgan fingerprint density at radius 1 is 1.36 bits per heavy atom. The number of esters is 1. The SMILES string of the molecule is CCCCCCC(C)(N)CC(=O)OC. The Morgan fingerprint density at radius 2 is 2.00 bits per heavy atom. The third-order valence-corrected chi connectivity index (χ3v) is 2.38. The van der Waals surface area contributed by atoms with E-state index in [1.165, 1.54) is 26.4 Å². The van der Waals surface area contributed by atoms with Crippen molar-refractivity contribution in [2.24, 2.45) is 5.73 Å². The molecule has 3 nitrogen and oxygen atoms in total. The zero-order valence-electron chi connectivity index (χ0n) is 9.64. The molecule has 0 aliphatic heterocycles. The molecule has 0 amide bonds. The van der Waals surface area contributed by atoms with Crippen molar-refractivity contribution in [2.75, 3.05) is 7.11 Å². The van der Waals surface area contributed by atoms with Crippen LogP contribution < -0.4 is 5.73 Å².